The third kappa shape index (κ3) is 1.55. The Morgan fingerprint density at radius 3 is 2.75 bits per heavy atom. The van der Waals surface area contributed by atoms with Crippen LogP contribution in [0.3, 0.4) is 0 Å². The average molecular weight is 190 g/mol. The Labute approximate surface area is 74.3 Å². The highest BCUT2D eigenvalue weighted by atomic mass is 32.2. The van der Waals surface area contributed by atoms with E-state index in [1.165, 1.54) is 18.7 Å². The molecule has 0 aliphatic carbocycles. The maximum absolute atomic E-state index is 11.4. The largest absolute Gasteiger partial charge is 0.507 e. The number of carbonyl (C=O) groups is 2. The fraction of sp³-hybridized carbons (Fsp3) is 0.714. The minimum Gasteiger partial charge on any atom is -0.450 e. The minimum absolute atomic E-state index is 0.112. The van der Waals surface area contributed by atoms with Crippen molar-refractivity contribution >= 4 is 23.7 Å². The van der Waals surface area contributed by atoms with Gasteiger partial charge in [-0.1, -0.05) is 6.92 Å². The normalized spacial score (nSPS) is 35.2. The number of ether oxygens (including phenoxy) is 1. The molecule has 12 heavy (non-hydrogen) atoms. The lowest BCUT2D eigenvalue weighted by molar-refractivity contribution is -0.131. The van der Waals surface area contributed by atoms with Crippen LogP contribution in [0.2, 0.25) is 0 Å². The summed E-state index contributed by atoms with van der Waals surface area (Å²) in [6, 6.07) is 0. The van der Waals surface area contributed by atoms with Gasteiger partial charge in [-0.3, -0.25) is 4.79 Å². The molecule has 0 aromatic heterocycles. The smallest absolute Gasteiger partial charge is 0.450 e. The number of hydrogen-bond donors (Lipinski definition) is 1. The lowest BCUT2D eigenvalue weighted by Crippen LogP contribution is -2.34. The highest BCUT2D eigenvalue weighted by Gasteiger charge is 2.46. The molecule has 1 N–H and O–H groups in total. The lowest BCUT2D eigenvalue weighted by Gasteiger charge is -2.19. The van der Waals surface area contributed by atoms with Crippen molar-refractivity contribution in [2.24, 2.45) is 5.92 Å². The molecule has 0 aromatic carbocycles. The SMILES string of the molecule is CC1CSC(C)(OC(=O)O)C1=O. The molecule has 68 valence electrons. The number of hydrogen-bond acceptors (Lipinski definition) is 4. The first-order valence-corrected chi connectivity index (χ1v) is 4.54. The average Bonchev–Trinajstić information content (AvgIpc) is 2.16. The molecular formula is C7H10O4S. The molecular weight excluding hydrogens is 180 g/mol. The zero-order chi connectivity index (χ0) is 9.35. The molecule has 1 saturated heterocycles. The molecule has 0 spiro atoms. The van der Waals surface area contributed by atoms with Crippen LogP contribution in [0, 0.1) is 5.92 Å². The van der Waals surface area contributed by atoms with E-state index < -0.39 is 11.1 Å². The van der Waals surface area contributed by atoms with Crippen LogP contribution in [0.1, 0.15) is 13.8 Å². The Morgan fingerprint density at radius 1 is 1.83 bits per heavy atom. The maximum Gasteiger partial charge on any atom is 0.507 e. The molecule has 1 aliphatic rings. The number of rotatable bonds is 1. The first kappa shape index (κ1) is 9.38. The van der Waals surface area contributed by atoms with Crippen LogP contribution in [-0.4, -0.2) is 27.7 Å². The molecule has 2 atom stereocenters. The van der Waals surface area contributed by atoms with E-state index in [0.717, 1.165) is 0 Å². The summed E-state index contributed by atoms with van der Waals surface area (Å²) < 4.78 is 4.51. The van der Waals surface area contributed by atoms with Crippen LogP contribution in [0.25, 0.3) is 0 Å². The second-order valence-corrected chi connectivity index (χ2v) is 4.29. The monoisotopic (exact) mass is 190 g/mol. The summed E-state index contributed by atoms with van der Waals surface area (Å²) in [5.41, 5.74) is 0. The standard InChI is InChI=1S/C7H10O4S/c1-4-3-12-7(2,5(4)8)11-6(9)10/h4H,3H2,1-2H3,(H,9,10). The van der Waals surface area contributed by atoms with Crippen molar-refractivity contribution in [2.45, 2.75) is 18.8 Å². The van der Waals surface area contributed by atoms with Gasteiger partial charge < -0.3 is 9.84 Å². The predicted octanol–water partition coefficient (Wildman–Crippen LogP) is 1.35. The van der Waals surface area contributed by atoms with Crippen LogP contribution in [0.5, 0.6) is 0 Å². The quantitative estimate of drug-likeness (QED) is 0.632. The molecule has 1 fully saturated rings. The molecule has 1 heterocycles. The van der Waals surface area contributed by atoms with Gasteiger partial charge in [-0.05, 0) is 6.92 Å². The number of thioether (sulfide) groups is 1. The van der Waals surface area contributed by atoms with Crippen LogP contribution in [0.4, 0.5) is 4.79 Å². The summed E-state index contributed by atoms with van der Waals surface area (Å²) in [7, 11) is 0. The molecule has 1 rings (SSSR count). The van der Waals surface area contributed by atoms with Gasteiger partial charge in [0.05, 0.1) is 0 Å². The van der Waals surface area contributed by atoms with E-state index in [0.29, 0.717) is 5.75 Å². The van der Waals surface area contributed by atoms with E-state index in [-0.39, 0.29) is 11.7 Å². The van der Waals surface area contributed by atoms with Crippen molar-refractivity contribution in [3.05, 3.63) is 0 Å². The Bertz CT molecular complexity index is 227. The number of Topliss-reactive ketones (excluding diaryl/α,β-unsaturated/α-hetero) is 1. The van der Waals surface area contributed by atoms with E-state index in [1.807, 2.05) is 0 Å². The highest BCUT2D eigenvalue weighted by molar-refractivity contribution is 8.01. The van der Waals surface area contributed by atoms with E-state index in [2.05, 4.69) is 4.74 Å². The topological polar surface area (TPSA) is 63.6 Å². The third-order valence-electron chi connectivity index (χ3n) is 1.79. The minimum atomic E-state index is -1.40. The molecule has 0 saturated carbocycles. The highest BCUT2D eigenvalue weighted by Crippen LogP contribution is 2.38. The van der Waals surface area contributed by atoms with Crippen LogP contribution < -0.4 is 0 Å². The van der Waals surface area contributed by atoms with Crippen molar-refractivity contribution in [3.63, 3.8) is 0 Å². The van der Waals surface area contributed by atoms with Gasteiger partial charge in [0.1, 0.15) is 0 Å². The molecule has 5 heteroatoms. The van der Waals surface area contributed by atoms with Crippen molar-refractivity contribution < 1.29 is 19.4 Å². The van der Waals surface area contributed by atoms with Gasteiger partial charge in [0.25, 0.3) is 0 Å². The van der Waals surface area contributed by atoms with Crippen molar-refractivity contribution in [1.82, 2.24) is 0 Å². The van der Waals surface area contributed by atoms with Crippen LogP contribution in [-0.2, 0) is 9.53 Å². The maximum atomic E-state index is 11.4. The molecule has 0 bridgehead atoms. The van der Waals surface area contributed by atoms with E-state index in [1.54, 1.807) is 6.92 Å². The van der Waals surface area contributed by atoms with E-state index >= 15 is 0 Å². The number of ketones is 1. The van der Waals surface area contributed by atoms with Gasteiger partial charge in [-0.15, -0.1) is 11.8 Å². The van der Waals surface area contributed by atoms with Crippen molar-refractivity contribution in [2.75, 3.05) is 5.75 Å². The van der Waals surface area contributed by atoms with Crippen LogP contribution >= 0.6 is 11.8 Å². The molecule has 2 unspecified atom stereocenters. The number of carbonyl (C=O) groups excluding carboxylic acids is 1. The summed E-state index contributed by atoms with van der Waals surface area (Å²) in [4.78, 5) is 20.4. The van der Waals surface area contributed by atoms with Gasteiger partial charge >= 0.3 is 6.16 Å². The van der Waals surface area contributed by atoms with Crippen molar-refractivity contribution in [3.8, 4) is 0 Å². The Kier molecular flexibility index (Phi) is 2.32. The first-order chi connectivity index (χ1) is 5.46. The first-order valence-electron chi connectivity index (χ1n) is 3.56. The molecule has 0 amide bonds. The van der Waals surface area contributed by atoms with Crippen LogP contribution in [0.15, 0.2) is 0 Å². The summed E-state index contributed by atoms with van der Waals surface area (Å²) in [5.74, 6) is 0.372. The second-order valence-electron chi connectivity index (χ2n) is 2.89. The molecule has 0 radical (unpaired) electrons. The second kappa shape index (κ2) is 2.97. The van der Waals surface area contributed by atoms with Gasteiger partial charge in [-0.2, -0.15) is 0 Å². The van der Waals surface area contributed by atoms with Gasteiger partial charge in [-0.25, -0.2) is 4.79 Å². The van der Waals surface area contributed by atoms with E-state index in [9.17, 15) is 9.59 Å². The van der Waals surface area contributed by atoms with Gasteiger partial charge in [0.2, 0.25) is 4.93 Å². The zero-order valence-corrected chi connectivity index (χ0v) is 7.68. The zero-order valence-electron chi connectivity index (χ0n) is 6.86. The predicted molar refractivity (Wildman–Crippen MR) is 44.1 cm³/mol. The van der Waals surface area contributed by atoms with Crippen molar-refractivity contribution in [1.29, 1.82) is 0 Å². The molecule has 0 aromatic rings. The number of carboxylic acid groups (broad SMARTS) is 1. The summed E-state index contributed by atoms with van der Waals surface area (Å²) >= 11 is 1.24. The fourth-order valence-electron chi connectivity index (χ4n) is 1.12. The molecule has 1 aliphatic heterocycles. The summed E-state index contributed by atoms with van der Waals surface area (Å²) in [6.07, 6.45) is -1.40. The Hall–Kier alpha value is -0.710. The van der Waals surface area contributed by atoms with Gasteiger partial charge in [0, 0.05) is 11.7 Å². The van der Waals surface area contributed by atoms with Gasteiger partial charge in [0.15, 0.2) is 5.78 Å². The molecule has 4 nitrogen and oxygen atoms in total. The third-order valence-corrected chi connectivity index (χ3v) is 3.29. The summed E-state index contributed by atoms with van der Waals surface area (Å²) in [6.45, 7) is 3.27. The summed E-state index contributed by atoms with van der Waals surface area (Å²) in [5, 5.41) is 8.36. The Balaban J connectivity index is 2.72. The lowest BCUT2D eigenvalue weighted by atomic mass is 10.1. The fourth-order valence-corrected chi connectivity index (χ4v) is 2.32. The van der Waals surface area contributed by atoms with E-state index in [4.69, 9.17) is 5.11 Å². The Morgan fingerprint density at radius 2 is 2.42 bits per heavy atom.